The molecule has 2 nitrogen and oxygen atoms in total. The van der Waals surface area contributed by atoms with Crippen LogP contribution < -0.4 is 4.90 Å². The SMILES string of the molecule is CC12c3ccccc3-c3cccc(c31)N(c1ccc3c(c1)C1(c4ccccc4-c4ccccc41)c1ccccc1-3)c1ccc(-c3cccc4c3c3ccccc3n4-c3ccccc3)cc12. The van der Waals surface area contributed by atoms with Gasteiger partial charge in [-0.05, 0) is 145 Å². The van der Waals surface area contributed by atoms with Crippen molar-refractivity contribution in [3.63, 3.8) is 0 Å². The highest BCUT2D eigenvalue weighted by Gasteiger charge is 2.53. The third-order valence-corrected chi connectivity index (χ3v) is 15.6. The molecule has 1 unspecified atom stereocenters. The van der Waals surface area contributed by atoms with Gasteiger partial charge in [0.05, 0.1) is 27.8 Å². The van der Waals surface area contributed by atoms with Crippen molar-refractivity contribution < 1.29 is 0 Å². The minimum Gasteiger partial charge on any atom is -0.310 e. The molecular weight excluding hydrogens is 785 g/mol. The Morgan fingerprint density at radius 3 is 1.62 bits per heavy atom. The van der Waals surface area contributed by atoms with E-state index in [2.05, 4.69) is 241 Å². The maximum absolute atomic E-state index is 2.58. The molecule has 1 aromatic heterocycles. The van der Waals surface area contributed by atoms with Crippen molar-refractivity contribution in [2.24, 2.45) is 0 Å². The Kier molecular flexibility index (Phi) is 6.78. The van der Waals surface area contributed by atoms with Gasteiger partial charge in [-0.3, -0.25) is 0 Å². The van der Waals surface area contributed by atoms with Crippen molar-refractivity contribution in [1.29, 1.82) is 0 Å². The summed E-state index contributed by atoms with van der Waals surface area (Å²) in [5.41, 5.74) is 26.3. The number of hydrogen-bond acceptors (Lipinski definition) is 1. The molecule has 11 aromatic rings. The number of hydrogen-bond donors (Lipinski definition) is 0. The van der Waals surface area contributed by atoms with E-state index in [4.69, 9.17) is 0 Å². The monoisotopic (exact) mass is 824 g/mol. The van der Waals surface area contributed by atoms with E-state index in [1.165, 1.54) is 128 Å². The van der Waals surface area contributed by atoms with Gasteiger partial charge in [0.25, 0.3) is 0 Å². The van der Waals surface area contributed by atoms with Crippen LogP contribution in [0.4, 0.5) is 17.1 Å². The van der Waals surface area contributed by atoms with Gasteiger partial charge in [-0.2, -0.15) is 0 Å². The standard InChI is InChI=1S/C63H40N2/c1-62-50-26-10-5-22-46(50)48-25-16-32-59(61(48)62)65(41-34-35-47-45-21-8-13-29-53(45)63(54(47)38-41)51-27-11-6-19-43(51)44-20-7-12-28-52(44)63)57-36-33-39(37-55(57)62)42-24-15-31-58-60(42)49-23-9-14-30-56(49)64(58)40-17-3-2-4-18-40/h2-38H,1H3. The van der Waals surface area contributed by atoms with Crippen LogP contribution >= 0.6 is 0 Å². The normalized spacial score (nSPS) is 16.2. The van der Waals surface area contributed by atoms with Gasteiger partial charge in [0, 0.05) is 27.6 Å². The highest BCUT2D eigenvalue weighted by molar-refractivity contribution is 6.16. The summed E-state index contributed by atoms with van der Waals surface area (Å²) in [5, 5.41) is 2.53. The summed E-state index contributed by atoms with van der Waals surface area (Å²) >= 11 is 0. The quantitative estimate of drug-likeness (QED) is 0.172. The molecule has 0 saturated carbocycles. The Labute approximate surface area is 378 Å². The summed E-state index contributed by atoms with van der Waals surface area (Å²) in [4.78, 5) is 2.58. The average molecular weight is 825 g/mol. The molecule has 0 N–H and O–H groups in total. The minimum atomic E-state index is -0.432. The van der Waals surface area contributed by atoms with Crippen molar-refractivity contribution >= 4 is 38.9 Å². The highest BCUT2D eigenvalue weighted by Crippen LogP contribution is 2.66. The molecule has 0 saturated heterocycles. The first kappa shape index (κ1) is 35.3. The van der Waals surface area contributed by atoms with Crippen LogP contribution in [0.5, 0.6) is 0 Å². The van der Waals surface area contributed by atoms with Gasteiger partial charge in [-0.25, -0.2) is 0 Å². The fraction of sp³-hybridized carbons (Fsp3) is 0.0476. The maximum Gasteiger partial charge on any atom is 0.0726 e. The number of para-hydroxylation sites is 2. The summed E-state index contributed by atoms with van der Waals surface area (Å²) < 4.78 is 2.42. The van der Waals surface area contributed by atoms with E-state index in [9.17, 15) is 0 Å². The van der Waals surface area contributed by atoms with Gasteiger partial charge in [0.2, 0.25) is 0 Å². The third kappa shape index (κ3) is 4.26. The van der Waals surface area contributed by atoms with Crippen LogP contribution in [0.1, 0.15) is 45.9 Å². The van der Waals surface area contributed by atoms with Crippen molar-refractivity contribution in [2.45, 2.75) is 17.8 Å². The maximum atomic E-state index is 2.58. The van der Waals surface area contributed by atoms with Crippen molar-refractivity contribution in [2.75, 3.05) is 4.90 Å². The molecule has 2 heteroatoms. The number of benzene rings is 10. The lowest BCUT2D eigenvalue weighted by molar-refractivity contribution is 0.702. The second-order valence-corrected chi connectivity index (χ2v) is 18.4. The zero-order valence-corrected chi connectivity index (χ0v) is 35.8. The number of fused-ring (bicyclic) bond motifs is 18. The Hall–Kier alpha value is -8.20. The average Bonchev–Trinajstić information content (AvgIpc) is 4.06. The van der Waals surface area contributed by atoms with Crippen LogP contribution in [0.2, 0.25) is 0 Å². The second-order valence-electron chi connectivity index (χ2n) is 18.4. The van der Waals surface area contributed by atoms with Crippen molar-refractivity contribution in [1.82, 2.24) is 4.57 Å². The second kappa shape index (κ2) is 12.5. The van der Waals surface area contributed by atoms with Gasteiger partial charge < -0.3 is 9.47 Å². The van der Waals surface area contributed by atoms with Crippen LogP contribution in [0.25, 0.3) is 72.0 Å². The first-order valence-corrected chi connectivity index (χ1v) is 22.9. The number of nitrogens with zero attached hydrogens (tertiary/aromatic N) is 2. The van der Waals surface area contributed by atoms with Crippen molar-refractivity contribution in [3.05, 3.63) is 263 Å². The Bertz CT molecular complexity index is 3810. The fourth-order valence-electron chi connectivity index (χ4n) is 13.1. The Morgan fingerprint density at radius 2 is 0.892 bits per heavy atom. The number of aromatic nitrogens is 1. The van der Waals surface area contributed by atoms with E-state index in [-0.39, 0.29) is 5.41 Å². The molecule has 0 bridgehead atoms. The Morgan fingerprint density at radius 1 is 0.338 bits per heavy atom. The van der Waals surface area contributed by atoms with Gasteiger partial charge in [0.15, 0.2) is 0 Å². The molecule has 0 radical (unpaired) electrons. The summed E-state index contributed by atoms with van der Waals surface area (Å²) in [6, 6.07) is 84.6. The molecule has 10 aromatic carbocycles. The van der Waals surface area contributed by atoms with Crippen LogP contribution in [-0.4, -0.2) is 4.57 Å². The molecule has 2 heterocycles. The lowest BCUT2D eigenvalue weighted by Gasteiger charge is -2.43. The predicted octanol–water partition coefficient (Wildman–Crippen LogP) is 15.9. The largest absolute Gasteiger partial charge is 0.310 e. The van der Waals surface area contributed by atoms with E-state index in [0.717, 1.165) is 0 Å². The van der Waals surface area contributed by atoms with Crippen LogP contribution in [-0.2, 0) is 10.8 Å². The van der Waals surface area contributed by atoms with Crippen LogP contribution in [0, 0.1) is 0 Å². The highest BCUT2D eigenvalue weighted by atomic mass is 15.2. The molecular formula is C63H40N2. The number of rotatable bonds is 3. The summed E-state index contributed by atoms with van der Waals surface area (Å²) in [6.45, 7) is 2.48. The topological polar surface area (TPSA) is 8.17 Å². The van der Waals surface area contributed by atoms with Crippen LogP contribution in [0.15, 0.2) is 224 Å². The summed E-state index contributed by atoms with van der Waals surface area (Å²) in [6.07, 6.45) is 0. The minimum absolute atomic E-state index is 0.381. The third-order valence-electron chi connectivity index (χ3n) is 15.6. The lowest BCUT2D eigenvalue weighted by atomic mass is 9.69. The van der Waals surface area contributed by atoms with Gasteiger partial charge >= 0.3 is 0 Å². The molecule has 3 aliphatic carbocycles. The van der Waals surface area contributed by atoms with Gasteiger partial charge in [0.1, 0.15) is 0 Å². The molecule has 1 atom stereocenters. The molecule has 15 rings (SSSR count). The first-order chi connectivity index (χ1) is 32.2. The predicted molar refractivity (Wildman–Crippen MR) is 268 cm³/mol. The van der Waals surface area contributed by atoms with Crippen LogP contribution in [0.3, 0.4) is 0 Å². The number of anilines is 3. The molecule has 4 aliphatic rings. The molecule has 0 amide bonds. The molecule has 302 valence electrons. The molecule has 65 heavy (non-hydrogen) atoms. The van der Waals surface area contributed by atoms with Gasteiger partial charge in [-0.15, -0.1) is 0 Å². The summed E-state index contributed by atoms with van der Waals surface area (Å²) in [5.74, 6) is 0. The van der Waals surface area contributed by atoms with E-state index in [0.29, 0.717) is 0 Å². The zero-order chi connectivity index (χ0) is 42.6. The van der Waals surface area contributed by atoms with E-state index < -0.39 is 5.41 Å². The molecule has 1 spiro atoms. The van der Waals surface area contributed by atoms with E-state index >= 15 is 0 Å². The summed E-state index contributed by atoms with van der Waals surface area (Å²) in [7, 11) is 0. The first-order valence-electron chi connectivity index (χ1n) is 22.9. The lowest BCUT2D eigenvalue weighted by Crippen LogP contribution is -2.32. The smallest absolute Gasteiger partial charge is 0.0726 e. The molecule has 0 fully saturated rings. The van der Waals surface area contributed by atoms with E-state index in [1.807, 2.05) is 0 Å². The Balaban J connectivity index is 1.00. The zero-order valence-electron chi connectivity index (χ0n) is 35.8. The van der Waals surface area contributed by atoms with Gasteiger partial charge in [-0.1, -0.05) is 170 Å². The van der Waals surface area contributed by atoms with E-state index in [1.54, 1.807) is 0 Å². The fourth-order valence-corrected chi connectivity index (χ4v) is 13.1. The molecule has 1 aliphatic heterocycles. The van der Waals surface area contributed by atoms with Crippen molar-refractivity contribution in [3.8, 4) is 50.2 Å².